The molecule has 3 rings (SSSR count). The number of guanidine groups is 1. The standard InChI is InChI=1S/C18H26N4O3S/c1-12-9-22(11-14(12)17(24)25-3)18(19-2)20-8-16(23)21-6-4-15-13(10-21)5-7-26-15/h5,7,12,14H,4,6,8-11H2,1-3H3,(H,19,20). The van der Waals surface area contributed by atoms with Gasteiger partial charge in [-0.2, -0.15) is 0 Å². The average Bonchev–Trinajstić information content (AvgIpc) is 3.27. The monoisotopic (exact) mass is 378 g/mol. The molecule has 0 spiro atoms. The molecule has 0 aromatic carbocycles. The summed E-state index contributed by atoms with van der Waals surface area (Å²) in [6.07, 6.45) is 0.928. The zero-order valence-corrected chi connectivity index (χ0v) is 16.3. The van der Waals surface area contributed by atoms with Crippen molar-refractivity contribution in [2.75, 3.05) is 40.3 Å². The Morgan fingerprint density at radius 1 is 1.38 bits per heavy atom. The van der Waals surface area contributed by atoms with Gasteiger partial charge >= 0.3 is 5.97 Å². The van der Waals surface area contributed by atoms with Crippen molar-refractivity contribution in [2.24, 2.45) is 16.8 Å². The third-order valence-electron chi connectivity index (χ3n) is 5.19. The molecular weight excluding hydrogens is 352 g/mol. The summed E-state index contributed by atoms with van der Waals surface area (Å²) < 4.78 is 4.88. The SMILES string of the molecule is CN=C(NCC(=O)N1CCc2sccc2C1)N1CC(C)C(C(=O)OC)C1. The Hall–Kier alpha value is -2.09. The number of hydrogen-bond donors (Lipinski definition) is 1. The summed E-state index contributed by atoms with van der Waals surface area (Å²) in [5, 5.41) is 5.25. The number of ether oxygens (including phenoxy) is 1. The van der Waals surface area contributed by atoms with Crippen molar-refractivity contribution in [1.29, 1.82) is 0 Å². The van der Waals surface area contributed by atoms with Gasteiger partial charge in [-0.05, 0) is 29.3 Å². The summed E-state index contributed by atoms with van der Waals surface area (Å²) in [6, 6.07) is 2.10. The maximum atomic E-state index is 12.6. The van der Waals surface area contributed by atoms with Gasteiger partial charge in [0.1, 0.15) is 0 Å². The van der Waals surface area contributed by atoms with Gasteiger partial charge in [0.2, 0.25) is 5.91 Å². The van der Waals surface area contributed by atoms with Crippen LogP contribution in [0.3, 0.4) is 0 Å². The fourth-order valence-electron chi connectivity index (χ4n) is 3.66. The molecule has 26 heavy (non-hydrogen) atoms. The predicted molar refractivity (Wildman–Crippen MR) is 101 cm³/mol. The van der Waals surface area contributed by atoms with E-state index in [1.807, 2.05) is 16.7 Å². The van der Waals surface area contributed by atoms with E-state index in [2.05, 4.69) is 21.8 Å². The number of hydrogen-bond acceptors (Lipinski definition) is 5. The largest absolute Gasteiger partial charge is 0.469 e. The van der Waals surface area contributed by atoms with Crippen LogP contribution in [0, 0.1) is 11.8 Å². The summed E-state index contributed by atoms with van der Waals surface area (Å²) >= 11 is 1.77. The molecule has 0 radical (unpaired) electrons. The number of likely N-dealkylation sites (tertiary alicyclic amines) is 1. The first-order chi connectivity index (χ1) is 12.5. The number of fused-ring (bicyclic) bond motifs is 1. The highest BCUT2D eigenvalue weighted by Gasteiger charge is 2.37. The molecule has 1 amide bonds. The van der Waals surface area contributed by atoms with Crippen LogP contribution in [0.1, 0.15) is 17.4 Å². The molecule has 2 aliphatic rings. The van der Waals surface area contributed by atoms with Crippen LogP contribution in [0.5, 0.6) is 0 Å². The van der Waals surface area contributed by atoms with Gasteiger partial charge in [0.15, 0.2) is 5.96 Å². The third kappa shape index (κ3) is 3.85. The second-order valence-electron chi connectivity index (χ2n) is 6.85. The first kappa shape index (κ1) is 18.7. The van der Waals surface area contributed by atoms with Crippen molar-refractivity contribution in [2.45, 2.75) is 19.9 Å². The minimum Gasteiger partial charge on any atom is -0.469 e. The zero-order valence-electron chi connectivity index (χ0n) is 15.5. The molecule has 1 N–H and O–H groups in total. The Balaban J connectivity index is 1.53. The Bertz CT molecular complexity index is 702. The summed E-state index contributed by atoms with van der Waals surface area (Å²) in [4.78, 5) is 34.0. The van der Waals surface area contributed by atoms with Gasteiger partial charge in [-0.1, -0.05) is 6.92 Å². The number of carbonyl (C=O) groups is 2. The normalized spacial score (nSPS) is 23.0. The molecular formula is C18H26N4O3S. The lowest BCUT2D eigenvalue weighted by Crippen LogP contribution is -2.47. The van der Waals surface area contributed by atoms with E-state index in [1.165, 1.54) is 17.6 Å². The van der Waals surface area contributed by atoms with Crippen LogP contribution in [-0.4, -0.2) is 68.0 Å². The molecule has 3 heterocycles. The Morgan fingerprint density at radius 2 is 2.19 bits per heavy atom. The number of methoxy groups -OCH3 is 1. The van der Waals surface area contributed by atoms with Crippen molar-refractivity contribution >= 4 is 29.2 Å². The molecule has 1 aromatic rings. The minimum atomic E-state index is -0.189. The Kier molecular flexibility index (Phi) is 5.80. The fraction of sp³-hybridized carbons (Fsp3) is 0.611. The highest BCUT2D eigenvalue weighted by atomic mass is 32.1. The molecule has 8 heteroatoms. The van der Waals surface area contributed by atoms with E-state index in [0.29, 0.717) is 19.0 Å². The zero-order chi connectivity index (χ0) is 18.7. The smallest absolute Gasteiger partial charge is 0.310 e. The number of nitrogens with one attached hydrogen (secondary N) is 1. The van der Waals surface area contributed by atoms with Crippen LogP contribution in [0.15, 0.2) is 16.4 Å². The van der Waals surface area contributed by atoms with Crippen molar-refractivity contribution < 1.29 is 14.3 Å². The van der Waals surface area contributed by atoms with Crippen molar-refractivity contribution in [1.82, 2.24) is 15.1 Å². The van der Waals surface area contributed by atoms with Crippen molar-refractivity contribution in [3.8, 4) is 0 Å². The van der Waals surface area contributed by atoms with Crippen LogP contribution in [-0.2, 0) is 27.3 Å². The van der Waals surface area contributed by atoms with Gasteiger partial charge in [-0.15, -0.1) is 11.3 Å². The fourth-order valence-corrected chi connectivity index (χ4v) is 4.55. The quantitative estimate of drug-likeness (QED) is 0.482. The van der Waals surface area contributed by atoms with E-state index in [4.69, 9.17) is 4.74 Å². The third-order valence-corrected chi connectivity index (χ3v) is 6.21. The van der Waals surface area contributed by atoms with Crippen LogP contribution < -0.4 is 5.32 Å². The number of amides is 1. The predicted octanol–water partition coefficient (Wildman–Crippen LogP) is 0.949. The first-order valence-corrected chi connectivity index (χ1v) is 9.78. The number of rotatable bonds is 3. The molecule has 2 atom stereocenters. The number of aliphatic imine (C=N–C) groups is 1. The summed E-state index contributed by atoms with van der Waals surface area (Å²) in [7, 11) is 3.11. The lowest BCUT2D eigenvalue weighted by atomic mass is 9.99. The molecule has 1 fully saturated rings. The van der Waals surface area contributed by atoms with E-state index in [0.717, 1.165) is 19.5 Å². The number of thiophene rings is 1. The van der Waals surface area contributed by atoms with Gasteiger partial charge in [0.25, 0.3) is 0 Å². The van der Waals surface area contributed by atoms with E-state index in [1.54, 1.807) is 18.4 Å². The highest BCUT2D eigenvalue weighted by Crippen LogP contribution is 2.25. The molecule has 7 nitrogen and oxygen atoms in total. The first-order valence-electron chi connectivity index (χ1n) is 8.90. The highest BCUT2D eigenvalue weighted by molar-refractivity contribution is 7.10. The number of nitrogens with zero attached hydrogens (tertiary/aromatic N) is 3. The maximum Gasteiger partial charge on any atom is 0.310 e. The molecule has 2 aliphatic heterocycles. The summed E-state index contributed by atoms with van der Waals surface area (Å²) in [5.41, 5.74) is 1.26. The van der Waals surface area contributed by atoms with Gasteiger partial charge in [-0.3, -0.25) is 14.6 Å². The number of esters is 1. The number of carbonyl (C=O) groups excluding carboxylic acids is 2. The summed E-state index contributed by atoms with van der Waals surface area (Å²) in [6.45, 7) is 4.96. The molecule has 0 saturated carbocycles. The van der Waals surface area contributed by atoms with Gasteiger partial charge in [-0.25, -0.2) is 0 Å². The molecule has 1 saturated heterocycles. The lowest BCUT2D eigenvalue weighted by molar-refractivity contribution is -0.146. The Labute approximate surface area is 158 Å². The van der Waals surface area contributed by atoms with Crippen molar-refractivity contribution in [3.05, 3.63) is 21.9 Å². The molecule has 0 bridgehead atoms. The van der Waals surface area contributed by atoms with E-state index < -0.39 is 0 Å². The molecule has 142 valence electrons. The minimum absolute atomic E-state index is 0.0692. The molecule has 1 aromatic heterocycles. The van der Waals surface area contributed by atoms with Crippen LogP contribution in [0.2, 0.25) is 0 Å². The molecule has 2 unspecified atom stereocenters. The van der Waals surface area contributed by atoms with Crippen LogP contribution in [0.25, 0.3) is 0 Å². The van der Waals surface area contributed by atoms with Crippen molar-refractivity contribution in [3.63, 3.8) is 0 Å². The van der Waals surface area contributed by atoms with Crippen LogP contribution in [0.4, 0.5) is 0 Å². The molecule has 0 aliphatic carbocycles. The van der Waals surface area contributed by atoms with Gasteiger partial charge in [0.05, 0.1) is 19.6 Å². The van der Waals surface area contributed by atoms with E-state index in [9.17, 15) is 9.59 Å². The topological polar surface area (TPSA) is 74.2 Å². The van der Waals surface area contributed by atoms with Gasteiger partial charge in [0, 0.05) is 38.1 Å². The van der Waals surface area contributed by atoms with E-state index >= 15 is 0 Å². The maximum absolute atomic E-state index is 12.6. The second kappa shape index (κ2) is 8.07. The second-order valence-corrected chi connectivity index (χ2v) is 7.85. The Morgan fingerprint density at radius 3 is 2.92 bits per heavy atom. The van der Waals surface area contributed by atoms with Crippen LogP contribution >= 0.6 is 11.3 Å². The lowest BCUT2D eigenvalue weighted by Gasteiger charge is -2.28. The van der Waals surface area contributed by atoms with E-state index in [-0.39, 0.29) is 30.3 Å². The average molecular weight is 378 g/mol. The summed E-state index contributed by atoms with van der Waals surface area (Å²) in [5.74, 6) is 0.570. The van der Waals surface area contributed by atoms with Gasteiger partial charge < -0.3 is 19.9 Å².